The Morgan fingerprint density at radius 3 is 2.67 bits per heavy atom. The summed E-state index contributed by atoms with van der Waals surface area (Å²) in [6, 6.07) is 0. The van der Waals surface area contributed by atoms with Gasteiger partial charge in [0.1, 0.15) is 6.61 Å². The van der Waals surface area contributed by atoms with Crippen LogP contribution >= 0.6 is 0 Å². The zero-order chi connectivity index (χ0) is 13.4. The number of carbonyl (C=O) groups excluding carboxylic acids is 1. The van der Waals surface area contributed by atoms with Crippen molar-refractivity contribution in [3.05, 3.63) is 0 Å². The summed E-state index contributed by atoms with van der Waals surface area (Å²) in [5.74, 6) is 0.534. The van der Waals surface area contributed by atoms with Gasteiger partial charge in [0, 0.05) is 39.1 Å². The summed E-state index contributed by atoms with van der Waals surface area (Å²) in [5, 5.41) is 2.86. The molecule has 0 unspecified atom stereocenters. The van der Waals surface area contributed by atoms with Crippen molar-refractivity contribution in [1.29, 1.82) is 0 Å². The van der Waals surface area contributed by atoms with E-state index < -0.39 is 0 Å². The fraction of sp³-hybridized carbons (Fsp3) is 0.923. The minimum Gasteiger partial charge on any atom is -0.381 e. The number of ether oxygens (including phenoxy) is 2. The highest BCUT2D eigenvalue weighted by Crippen LogP contribution is 2.23. The van der Waals surface area contributed by atoms with E-state index in [4.69, 9.17) is 15.2 Å². The van der Waals surface area contributed by atoms with Gasteiger partial charge in [-0.25, -0.2) is 0 Å². The van der Waals surface area contributed by atoms with Gasteiger partial charge in [-0.3, -0.25) is 4.79 Å². The molecule has 0 aliphatic carbocycles. The van der Waals surface area contributed by atoms with E-state index in [9.17, 15) is 4.79 Å². The molecule has 0 atom stereocenters. The first-order chi connectivity index (χ1) is 8.58. The Morgan fingerprint density at radius 1 is 1.44 bits per heavy atom. The van der Waals surface area contributed by atoms with E-state index in [-0.39, 0.29) is 18.1 Å². The Hall–Kier alpha value is -0.650. The molecule has 1 fully saturated rings. The fourth-order valence-electron chi connectivity index (χ4n) is 1.92. The number of carbonyl (C=O) groups is 1. The van der Waals surface area contributed by atoms with E-state index in [0.29, 0.717) is 32.2 Å². The lowest BCUT2D eigenvalue weighted by Gasteiger charge is -2.35. The van der Waals surface area contributed by atoms with Crippen LogP contribution in [0.2, 0.25) is 0 Å². The first kappa shape index (κ1) is 15.4. The van der Waals surface area contributed by atoms with Crippen molar-refractivity contribution in [2.45, 2.75) is 38.7 Å². The molecule has 0 bridgehead atoms. The first-order valence-corrected chi connectivity index (χ1v) is 6.76. The van der Waals surface area contributed by atoms with Gasteiger partial charge in [-0.05, 0) is 12.3 Å². The zero-order valence-electron chi connectivity index (χ0n) is 11.5. The number of nitrogens with two attached hydrogens (primary N) is 1. The summed E-state index contributed by atoms with van der Waals surface area (Å²) >= 11 is 0. The third kappa shape index (κ3) is 5.33. The smallest absolute Gasteiger partial charge is 0.246 e. The van der Waals surface area contributed by atoms with Crippen LogP contribution < -0.4 is 11.1 Å². The molecule has 0 aromatic rings. The van der Waals surface area contributed by atoms with Gasteiger partial charge >= 0.3 is 0 Å². The van der Waals surface area contributed by atoms with Gasteiger partial charge in [0.25, 0.3) is 0 Å². The lowest BCUT2D eigenvalue weighted by atomic mass is 9.94. The molecule has 5 heteroatoms. The summed E-state index contributed by atoms with van der Waals surface area (Å²) < 4.78 is 11.0. The average Bonchev–Trinajstić information content (AvgIpc) is 2.37. The van der Waals surface area contributed by atoms with Crippen molar-refractivity contribution >= 4 is 5.91 Å². The van der Waals surface area contributed by atoms with Crippen molar-refractivity contribution in [3.63, 3.8) is 0 Å². The topological polar surface area (TPSA) is 73.6 Å². The number of amides is 1. The molecular weight excluding hydrogens is 232 g/mol. The molecule has 0 radical (unpaired) electrons. The molecule has 106 valence electrons. The van der Waals surface area contributed by atoms with Crippen LogP contribution in [0.5, 0.6) is 0 Å². The number of hydrogen-bond acceptors (Lipinski definition) is 4. The molecule has 1 aliphatic rings. The molecule has 1 heterocycles. The molecule has 0 spiro atoms. The molecule has 1 rings (SSSR count). The fourth-order valence-corrected chi connectivity index (χ4v) is 1.92. The van der Waals surface area contributed by atoms with Crippen LogP contribution in [0, 0.1) is 5.92 Å². The number of nitrogens with one attached hydrogen (secondary N) is 1. The van der Waals surface area contributed by atoms with E-state index in [2.05, 4.69) is 19.2 Å². The molecule has 0 aromatic heterocycles. The minimum absolute atomic E-state index is 0.0602. The third-order valence-corrected chi connectivity index (χ3v) is 3.33. The monoisotopic (exact) mass is 258 g/mol. The molecule has 5 nitrogen and oxygen atoms in total. The Labute approximate surface area is 109 Å². The molecular formula is C13H26N2O3. The normalized spacial score (nSPS) is 18.9. The van der Waals surface area contributed by atoms with Crippen molar-refractivity contribution in [2.75, 3.05) is 32.9 Å². The van der Waals surface area contributed by atoms with E-state index in [0.717, 1.165) is 19.3 Å². The largest absolute Gasteiger partial charge is 0.381 e. The van der Waals surface area contributed by atoms with Crippen LogP contribution in [0.1, 0.15) is 33.1 Å². The second kappa shape index (κ2) is 7.71. The summed E-state index contributed by atoms with van der Waals surface area (Å²) in [6.45, 7) is 6.82. The summed E-state index contributed by atoms with van der Waals surface area (Å²) in [7, 11) is 0. The highest BCUT2D eigenvalue weighted by atomic mass is 16.5. The lowest BCUT2D eigenvalue weighted by Crippen LogP contribution is -2.47. The Bertz CT molecular complexity index is 251. The van der Waals surface area contributed by atoms with Crippen molar-refractivity contribution < 1.29 is 14.3 Å². The zero-order valence-corrected chi connectivity index (χ0v) is 11.5. The maximum absolute atomic E-state index is 11.6. The van der Waals surface area contributed by atoms with E-state index >= 15 is 0 Å². The van der Waals surface area contributed by atoms with Crippen LogP contribution in [-0.4, -0.2) is 44.4 Å². The van der Waals surface area contributed by atoms with Gasteiger partial charge in [-0.2, -0.15) is 0 Å². The average molecular weight is 258 g/mol. The van der Waals surface area contributed by atoms with E-state index in [1.807, 2.05) is 0 Å². The number of rotatable bonds is 7. The van der Waals surface area contributed by atoms with Crippen LogP contribution in [0.25, 0.3) is 0 Å². The van der Waals surface area contributed by atoms with Gasteiger partial charge in [-0.1, -0.05) is 13.8 Å². The van der Waals surface area contributed by atoms with Crippen molar-refractivity contribution in [3.8, 4) is 0 Å². The lowest BCUT2D eigenvalue weighted by molar-refractivity contribution is -0.141. The first-order valence-electron chi connectivity index (χ1n) is 6.76. The molecule has 0 aromatic carbocycles. The quantitative estimate of drug-likeness (QED) is 0.704. The number of hydrogen-bond donors (Lipinski definition) is 2. The van der Waals surface area contributed by atoms with Gasteiger partial charge in [0.2, 0.25) is 5.91 Å². The summed E-state index contributed by atoms with van der Waals surface area (Å²) in [6.07, 6.45) is 2.52. The van der Waals surface area contributed by atoms with Gasteiger partial charge in [0.05, 0.1) is 5.60 Å². The minimum atomic E-state index is -0.367. The van der Waals surface area contributed by atoms with Crippen LogP contribution in [-0.2, 0) is 14.3 Å². The van der Waals surface area contributed by atoms with Gasteiger partial charge < -0.3 is 20.5 Å². The van der Waals surface area contributed by atoms with Gasteiger partial charge in [0.15, 0.2) is 0 Å². The standard InChI is InChI=1S/C13H26N2O3/c1-11(2)3-6-15-12(16)9-18-13(10-14)4-7-17-8-5-13/h11H,3-10,14H2,1-2H3,(H,15,16). The molecule has 18 heavy (non-hydrogen) atoms. The summed E-state index contributed by atoms with van der Waals surface area (Å²) in [4.78, 5) is 11.6. The highest BCUT2D eigenvalue weighted by Gasteiger charge is 2.32. The maximum atomic E-state index is 11.6. The van der Waals surface area contributed by atoms with Crippen molar-refractivity contribution in [2.24, 2.45) is 11.7 Å². The van der Waals surface area contributed by atoms with Crippen LogP contribution in [0.4, 0.5) is 0 Å². The maximum Gasteiger partial charge on any atom is 0.246 e. The predicted molar refractivity (Wildman–Crippen MR) is 70.3 cm³/mol. The second-order valence-electron chi connectivity index (χ2n) is 5.32. The predicted octanol–water partition coefficient (Wildman–Crippen LogP) is 0.673. The Morgan fingerprint density at radius 2 is 2.11 bits per heavy atom. The SMILES string of the molecule is CC(C)CCNC(=O)COC1(CN)CCOCC1. The molecule has 1 amide bonds. The highest BCUT2D eigenvalue weighted by molar-refractivity contribution is 5.77. The Balaban J connectivity index is 2.23. The third-order valence-electron chi connectivity index (χ3n) is 3.33. The molecule has 1 saturated heterocycles. The molecule has 3 N–H and O–H groups in total. The van der Waals surface area contributed by atoms with E-state index in [1.54, 1.807) is 0 Å². The summed E-state index contributed by atoms with van der Waals surface area (Å²) in [5.41, 5.74) is 5.38. The molecule has 1 aliphatic heterocycles. The molecule has 0 saturated carbocycles. The van der Waals surface area contributed by atoms with E-state index in [1.165, 1.54) is 0 Å². The van der Waals surface area contributed by atoms with Crippen LogP contribution in [0.15, 0.2) is 0 Å². The second-order valence-corrected chi connectivity index (χ2v) is 5.32. The van der Waals surface area contributed by atoms with Crippen molar-refractivity contribution in [1.82, 2.24) is 5.32 Å². The van der Waals surface area contributed by atoms with Crippen LogP contribution in [0.3, 0.4) is 0 Å². The van der Waals surface area contributed by atoms with Gasteiger partial charge in [-0.15, -0.1) is 0 Å². The Kier molecular flexibility index (Phi) is 6.60.